The van der Waals surface area contributed by atoms with Crippen molar-refractivity contribution in [1.82, 2.24) is 10.3 Å². The molecule has 88 valence electrons. The molecule has 2 heterocycles. The highest BCUT2D eigenvalue weighted by atomic mass is 79.9. The van der Waals surface area contributed by atoms with Crippen LogP contribution in [0.2, 0.25) is 0 Å². The standard InChI is InChI=1S/C11H15BrN2O2/c12-10-3-9(4-13-6-10)5-14-7-11(15)1-2-16-8-11/h3-4,6,14-15H,1-2,5,7-8H2. The summed E-state index contributed by atoms with van der Waals surface area (Å²) in [5.41, 5.74) is 0.399. The third-order valence-electron chi connectivity index (χ3n) is 2.63. The van der Waals surface area contributed by atoms with Crippen LogP contribution in [-0.2, 0) is 11.3 Å². The molecule has 0 saturated carbocycles. The summed E-state index contributed by atoms with van der Waals surface area (Å²) in [6, 6.07) is 2.01. The van der Waals surface area contributed by atoms with Crippen molar-refractivity contribution < 1.29 is 9.84 Å². The summed E-state index contributed by atoms with van der Waals surface area (Å²) in [7, 11) is 0. The van der Waals surface area contributed by atoms with E-state index in [9.17, 15) is 5.11 Å². The van der Waals surface area contributed by atoms with Crippen LogP contribution in [0.3, 0.4) is 0 Å². The molecular weight excluding hydrogens is 272 g/mol. The number of hydrogen-bond donors (Lipinski definition) is 2. The molecule has 1 unspecified atom stereocenters. The fourth-order valence-electron chi connectivity index (χ4n) is 1.73. The van der Waals surface area contributed by atoms with E-state index in [-0.39, 0.29) is 0 Å². The predicted molar refractivity (Wildman–Crippen MR) is 64.0 cm³/mol. The highest BCUT2D eigenvalue weighted by Gasteiger charge is 2.31. The van der Waals surface area contributed by atoms with E-state index in [4.69, 9.17) is 4.74 Å². The average molecular weight is 287 g/mol. The molecule has 4 nitrogen and oxygen atoms in total. The van der Waals surface area contributed by atoms with Crippen molar-refractivity contribution in [2.24, 2.45) is 0 Å². The number of rotatable bonds is 4. The number of halogens is 1. The summed E-state index contributed by atoms with van der Waals surface area (Å²) < 4.78 is 6.14. The van der Waals surface area contributed by atoms with Crippen LogP contribution in [0.5, 0.6) is 0 Å². The summed E-state index contributed by atoms with van der Waals surface area (Å²) in [4.78, 5) is 4.08. The fourth-order valence-corrected chi connectivity index (χ4v) is 2.14. The molecule has 0 aromatic carbocycles. The van der Waals surface area contributed by atoms with Crippen LogP contribution in [0.4, 0.5) is 0 Å². The first-order chi connectivity index (χ1) is 7.68. The number of aromatic nitrogens is 1. The molecule has 1 aliphatic rings. The second-order valence-corrected chi connectivity index (χ2v) is 5.06. The molecule has 1 aromatic rings. The lowest BCUT2D eigenvalue weighted by Crippen LogP contribution is -2.40. The zero-order valence-corrected chi connectivity index (χ0v) is 10.5. The van der Waals surface area contributed by atoms with Gasteiger partial charge in [-0.3, -0.25) is 4.98 Å². The van der Waals surface area contributed by atoms with Crippen molar-refractivity contribution in [3.63, 3.8) is 0 Å². The van der Waals surface area contributed by atoms with Gasteiger partial charge in [0.1, 0.15) is 5.60 Å². The molecule has 0 radical (unpaired) electrons. The van der Waals surface area contributed by atoms with Crippen LogP contribution in [-0.4, -0.2) is 35.5 Å². The second kappa shape index (κ2) is 5.23. The van der Waals surface area contributed by atoms with Crippen molar-refractivity contribution in [3.8, 4) is 0 Å². The Bertz CT molecular complexity index is 354. The quantitative estimate of drug-likeness (QED) is 0.870. The number of nitrogens with zero attached hydrogens (tertiary/aromatic N) is 1. The predicted octanol–water partition coefficient (Wildman–Crippen LogP) is 1.09. The first-order valence-electron chi connectivity index (χ1n) is 5.28. The normalized spacial score (nSPS) is 24.9. The van der Waals surface area contributed by atoms with Gasteiger partial charge in [-0.15, -0.1) is 0 Å². The molecule has 1 atom stereocenters. The van der Waals surface area contributed by atoms with Crippen LogP contribution >= 0.6 is 15.9 Å². The number of pyridine rings is 1. The summed E-state index contributed by atoms with van der Waals surface area (Å²) in [5, 5.41) is 13.2. The molecule has 2 N–H and O–H groups in total. The summed E-state index contributed by atoms with van der Waals surface area (Å²) in [6.07, 6.45) is 4.27. The first-order valence-corrected chi connectivity index (χ1v) is 6.08. The van der Waals surface area contributed by atoms with Gasteiger partial charge in [-0.1, -0.05) is 0 Å². The SMILES string of the molecule is OC1(CNCc2cncc(Br)c2)CCOC1. The second-order valence-electron chi connectivity index (χ2n) is 4.14. The topological polar surface area (TPSA) is 54.4 Å². The molecule has 0 amide bonds. The van der Waals surface area contributed by atoms with E-state index in [1.54, 1.807) is 6.20 Å². The summed E-state index contributed by atoms with van der Waals surface area (Å²) in [5.74, 6) is 0. The molecule has 1 saturated heterocycles. The lowest BCUT2D eigenvalue weighted by atomic mass is 10.0. The van der Waals surface area contributed by atoms with Crippen LogP contribution < -0.4 is 5.32 Å². The highest BCUT2D eigenvalue weighted by molar-refractivity contribution is 9.10. The van der Waals surface area contributed by atoms with E-state index in [2.05, 4.69) is 26.2 Å². The highest BCUT2D eigenvalue weighted by Crippen LogP contribution is 2.17. The minimum atomic E-state index is -0.695. The molecule has 0 bridgehead atoms. The van der Waals surface area contributed by atoms with Gasteiger partial charge in [-0.05, 0) is 27.6 Å². The monoisotopic (exact) mass is 286 g/mol. The number of hydrogen-bond acceptors (Lipinski definition) is 4. The van der Waals surface area contributed by atoms with Gasteiger partial charge in [-0.2, -0.15) is 0 Å². The van der Waals surface area contributed by atoms with Crippen LogP contribution in [0.25, 0.3) is 0 Å². The minimum Gasteiger partial charge on any atom is -0.386 e. The number of ether oxygens (including phenoxy) is 1. The van der Waals surface area contributed by atoms with Crippen LogP contribution in [0.15, 0.2) is 22.9 Å². The van der Waals surface area contributed by atoms with E-state index in [0.29, 0.717) is 32.7 Å². The molecule has 2 rings (SSSR count). The lowest BCUT2D eigenvalue weighted by molar-refractivity contribution is 0.0268. The van der Waals surface area contributed by atoms with Crippen molar-refractivity contribution in [2.75, 3.05) is 19.8 Å². The number of aliphatic hydroxyl groups is 1. The van der Waals surface area contributed by atoms with Crippen molar-refractivity contribution in [2.45, 2.75) is 18.6 Å². The van der Waals surface area contributed by atoms with E-state index in [0.717, 1.165) is 10.0 Å². The minimum absolute atomic E-state index is 0.427. The van der Waals surface area contributed by atoms with Gasteiger partial charge in [0.15, 0.2) is 0 Å². The van der Waals surface area contributed by atoms with Gasteiger partial charge in [0.05, 0.1) is 6.61 Å². The Kier molecular flexibility index (Phi) is 3.91. The zero-order valence-electron chi connectivity index (χ0n) is 8.95. The van der Waals surface area contributed by atoms with Crippen molar-refractivity contribution >= 4 is 15.9 Å². The summed E-state index contributed by atoms with van der Waals surface area (Å²) >= 11 is 3.37. The first kappa shape index (κ1) is 12.0. The van der Waals surface area contributed by atoms with E-state index in [1.165, 1.54) is 0 Å². The lowest BCUT2D eigenvalue weighted by Gasteiger charge is -2.20. The molecule has 16 heavy (non-hydrogen) atoms. The smallest absolute Gasteiger partial charge is 0.102 e. The van der Waals surface area contributed by atoms with Gasteiger partial charge < -0.3 is 15.2 Å². The summed E-state index contributed by atoms with van der Waals surface area (Å²) in [6.45, 7) is 2.33. The fraction of sp³-hybridized carbons (Fsp3) is 0.545. The Morgan fingerprint density at radius 3 is 3.12 bits per heavy atom. The van der Waals surface area contributed by atoms with E-state index < -0.39 is 5.60 Å². The Morgan fingerprint density at radius 2 is 2.44 bits per heavy atom. The Balaban J connectivity index is 1.79. The Morgan fingerprint density at radius 1 is 1.56 bits per heavy atom. The molecule has 5 heteroatoms. The maximum absolute atomic E-state index is 10.0. The van der Waals surface area contributed by atoms with Gasteiger partial charge in [0.2, 0.25) is 0 Å². The molecule has 0 aliphatic carbocycles. The van der Waals surface area contributed by atoms with Crippen LogP contribution in [0.1, 0.15) is 12.0 Å². The maximum Gasteiger partial charge on any atom is 0.102 e. The average Bonchev–Trinajstić information content (AvgIpc) is 2.65. The third kappa shape index (κ3) is 3.25. The van der Waals surface area contributed by atoms with Gasteiger partial charge >= 0.3 is 0 Å². The molecular formula is C11H15BrN2O2. The Hall–Kier alpha value is -0.490. The molecule has 1 aliphatic heterocycles. The van der Waals surface area contributed by atoms with E-state index >= 15 is 0 Å². The van der Waals surface area contributed by atoms with Crippen molar-refractivity contribution in [3.05, 3.63) is 28.5 Å². The van der Waals surface area contributed by atoms with Crippen LogP contribution in [0, 0.1) is 0 Å². The maximum atomic E-state index is 10.0. The Labute approximate surface area is 103 Å². The van der Waals surface area contributed by atoms with Gasteiger partial charge in [0, 0.05) is 43.0 Å². The number of nitrogens with one attached hydrogen (secondary N) is 1. The molecule has 1 fully saturated rings. The molecule has 0 spiro atoms. The van der Waals surface area contributed by atoms with Gasteiger partial charge in [0.25, 0.3) is 0 Å². The van der Waals surface area contributed by atoms with Crippen molar-refractivity contribution in [1.29, 1.82) is 0 Å². The molecule has 1 aromatic heterocycles. The van der Waals surface area contributed by atoms with Gasteiger partial charge in [-0.25, -0.2) is 0 Å². The third-order valence-corrected chi connectivity index (χ3v) is 3.06. The van der Waals surface area contributed by atoms with E-state index in [1.807, 2.05) is 12.3 Å². The zero-order chi connectivity index (χ0) is 11.4. The largest absolute Gasteiger partial charge is 0.386 e.